The van der Waals surface area contributed by atoms with E-state index in [0.29, 0.717) is 11.5 Å². The maximum Gasteiger partial charge on any atom is 0.322 e. The van der Waals surface area contributed by atoms with Crippen LogP contribution in [0, 0.1) is 0 Å². The molecule has 10 heteroatoms. The summed E-state index contributed by atoms with van der Waals surface area (Å²) in [5, 5.41) is 11.7. The molecule has 1 saturated carbocycles. The zero-order valence-electron chi connectivity index (χ0n) is 24.4. The van der Waals surface area contributed by atoms with Crippen molar-refractivity contribution in [1.82, 2.24) is 14.3 Å². The number of halogens is 1. The van der Waals surface area contributed by atoms with Gasteiger partial charge in [-0.15, -0.1) is 12.4 Å². The molecule has 1 aliphatic carbocycles. The van der Waals surface area contributed by atoms with Crippen molar-refractivity contribution in [2.24, 2.45) is 0 Å². The highest BCUT2D eigenvalue weighted by atomic mass is 35.5. The standard InChI is InChI=1S/C32H42N4O4S.ClH/c1-2-3-4-5-6-7-8-18-32(19-20-32)27-16-14-26(15-17-27)24-36(41(39,40)29-12-10-21-33-22-29)25-28-11-9-13-30(35-28)34-23-31(37)38;/h9-17,21-22H,2-8,18-20,23-25H2,1H3,(H,34,35)(H,37,38);1H. The third-order valence-electron chi connectivity index (χ3n) is 7.88. The highest BCUT2D eigenvalue weighted by Crippen LogP contribution is 2.52. The van der Waals surface area contributed by atoms with Gasteiger partial charge in [0.15, 0.2) is 0 Å². The molecule has 0 unspecified atom stereocenters. The van der Waals surface area contributed by atoms with Gasteiger partial charge in [0.2, 0.25) is 10.0 Å². The molecule has 1 aliphatic rings. The molecular weight excluding hydrogens is 572 g/mol. The topological polar surface area (TPSA) is 112 Å². The Balaban J connectivity index is 0.00000484. The van der Waals surface area contributed by atoms with Gasteiger partial charge in [-0.05, 0) is 60.1 Å². The van der Waals surface area contributed by atoms with Crippen LogP contribution in [0.1, 0.15) is 88.0 Å². The normalized spacial score (nSPS) is 13.9. The van der Waals surface area contributed by atoms with Crippen LogP contribution < -0.4 is 5.32 Å². The maximum absolute atomic E-state index is 13.7. The maximum atomic E-state index is 13.7. The van der Waals surface area contributed by atoms with E-state index in [1.54, 1.807) is 30.5 Å². The van der Waals surface area contributed by atoms with Crippen LogP contribution >= 0.6 is 12.4 Å². The van der Waals surface area contributed by atoms with Crippen molar-refractivity contribution < 1.29 is 18.3 Å². The predicted octanol–water partition coefficient (Wildman–Crippen LogP) is 6.96. The van der Waals surface area contributed by atoms with E-state index in [4.69, 9.17) is 5.11 Å². The summed E-state index contributed by atoms with van der Waals surface area (Å²) in [4.78, 5) is 19.5. The molecule has 42 heavy (non-hydrogen) atoms. The summed E-state index contributed by atoms with van der Waals surface area (Å²) in [6, 6.07) is 16.7. The van der Waals surface area contributed by atoms with Gasteiger partial charge in [0, 0.05) is 18.9 Å². The first-order valence-corrected chi connectivity index (χ1v) is 16.2. The summed E-state index contributed by atoms with van der Waals surface area (Å²) in [7, 11) is -3.87. The number of unbranched alkanes of at least 4 members (excludes halogenated alkanes) is 6. The largest absolute Gasteiger partial charge is 0.480 e. The monoisotopic (exact) mass is 614 g/mol. The number of hydrogen-bond donors (Lipinski definition) is 2. The summed E-state index contributed by atoms with van der Waals surface area (Å²) in [5.74, 6) is -0.625. The fraction of sp³-hybridized carbons (Fsp3) is 0.469. The highest BCUT2D eigenvalue weighted by molar-refractivity contribution is 7.89. The predicted molar refractivity (Wildman–Crippen MR) is 168 cm³/mol. The first kappa shape index (κ1) is 33.5. The average Bonchev–Trinajstić information content (AvgIpc) is 3.77. The number of aromatic nitrogens is 2. The van der Waals surface area contributed by atoms with E-state index >= 15 is 0 Å². The molecule has 2 heterocycles. The van der Waals surface area contributed by atoms with Crippen molar-refractivity contribution in [3.05, 3.63) is 83.8 Å². The van der Waals surface area contributed by atoms with E-state index in [-0.39, 0.29) is 42.4 Å². The van der Waals surface area contributed by atoms with Gasteiger partial charge < -0.3 is 10.4 Å². The number of carbonyl (C=O) groups is 1. The quantitative estimate of drug-likeness (QED) is 0.149. The molecule has 3 aromatic rings. The van der Waals surface area contributed by atoms with Crippen molar-refractivity contribution in [3.8, 4) is 0 Å². The summed E-state index contributed by atoms with van der Waals surface area (Å²) < 4.78 is 28.7. The summed E-state index contributed by atoms with van der Waals surface area (Å²) in [6.45, 7) is 2.18. The Morgan fingerprint density at radius 3 is 2.31 bits per heavy atom. The Hall–Kier alpha value is -3.01. The molecule has 4 rings (SSSR count). The van der Waals surface area contributed by atoms with Crippen LogP contribution in [0.5, 0.6) is 0 Å². The number of benzene rings is 1. The lowest BCUT2D eigenvalue weighted by atomic mass is 9.89. The number of rotatable bonds is 18. The second kappa shape index (κ2) is 16.0. The van der Waals surface area contributed by atoms with E-state index < -0.39 is 16.0 Å². The molecule has 0 bridgehead atoms. The summed E-state index contributed by atoms with van der Waals surface area (Å²) >= 11 is 0. The lowest BCUT2D eigenvalue weighted by Gasteiger charge is -2.23. The van der Waals surface area contributed by atoms with Gasteiger partial charge >= 0.3 is 5.97 Å². The number of hydrogen-bond acceptors (Lipinski definition) is 6. The number of carboxylic acid groups (broad SMARTS) is 1. The van der Waals surface area contributed by atoms with E-state index in [9.17, 15) is 13.2 Å². The minimum absolute atomic E-state index is 0. The molecular formula is C32H43ClN4O4S. The molecule has 0 spiro atoms. The third kappa shape index (κ3) is 9.51. The number of nitrogens with one attached hydrogen (secondary N) is 1. The van der Waals surface area contributed by atoms with E-state index in [2.05, 4.69) is 34.3 Å². The van der Waals surface area contributed by atoms with E-state index in [1.165, 1.54) is 86.3 Å². The summed E-state index contributed by atoms with van der Waals surface area (Å²) in [5.41, 5.74) is 3.05. The number of pyridine rings is 2. The Kier molecular flexibility index (Phi) is 12.8. The number of anilines is 1. The van der Waals surface area contributed by atoms with E-state index in [1.807, 2.05) is 12.1 Å². The fourth-order valence-corrected chi connectivity index (χ4v) is 6.67. The van der Waals surface area contributed by atoms with Gasteiger partial charge in [-0.2, -0.15) is 4.31 Å². The zero-order valence-corrected chi connectivity index (χ0v) is 26.0. The minimum Gasteiger partial charge on any atom is -0.480 e. The number of aliphatic carboxylic acids is 1. The van der Waals surface area contributed by atoms with Gasteiger partial charge in [0.25, 0.3) is 0 Å². The molecule has 0 saturated heterocycles. The molecule has 1 aromatic carbocycles. The Labute approximate surface area is 256 Å². The lowest BCUT2D eigenvalue weighted by molar-refractivity contribution is -0.134. The smallest absolute Gasteiger partial charge is 0.322 e. The van der Waals surface area contributed by atoms with Crippen molar-refractivity contribution in [1.29, 1.82) is 0 Å². The number of sulfonamides is 1. The van der Waals surface area contributed by atoms with Gasteiger partial charge in [-0.3, -0.25) is 9.78 Å². The first-order chi connectivity index (χ1) is 19.8. The lowest BCUT2D eigenvalue weighted by Crippen LogP contribution is -2.31. The number of nitrogens with zero attached hydrogens (tertiary/aromatic N) is 3. The second-order valence-electron chi connectivity index (χ2n) is 11.1. The van der Waals surface area contributed by atoms with Crippen LogP contribution in [0.4, 0.5) is 5.82 Å². The van der Waals surface area contributed by atoms with E-state index in [0.717, 1.165) is 5.56 Å². The zero-order chi connectivity index (χ0) is 29.1. The SMILES string of the molecule is CCCCCCCCCC1(c2ccc(CN(Cc3cccc(NCC(=O)O)n3)S(=O)(=O)c3cccnc3)cc2)CC1.Cl. The van der Waals surface area contributed by atoms with Gasteiger partial charge in [-0.25, -0.2) is 13.4 Å². The molecule has 2 N–H and O–H groups in total. The molecule has 8 nitrogen and oxygen atoms in total. The van der Waals surface area contributed by atoms with Crippen LogP contribution in [-0.2, 0) is 33.3 Å². The fourth-order valence-electron chi connectivity index (χ4n) is 5.31. The average molecular weight is 615 g/mol. The Morgan fingerprint density at radius 2 is 1.67 bits per heavy atom. The minimum atomic E-state index is -3.87. The molecule has 1 fully saturated rings. The molecule has 0 aliphatic heterocycles. The molecule has 0 amide bonds. The van der Waals surface area contributed by atoms with Gasteiger partial charge in [0.1, 0.15) is 17.3 Å². The molecule has 2 aromatic heterocycles. The summed E-state index contributed by atoms with van der Waals surface area (Å²) in [6.07, 6.45) is 15.8. The molecule has 228 valence electrons. The van der Waals surface area contributed by atoms with Crippen molar-refractivity contribution in [2.75, 3.05) is 11.9 Å². The Bertz CT molecular complexity index is 1370. The van der Waals surface area contributed by atoms with Crippen molar-refractivity contribution in [3.63, 3.8) is 0 Å². The van der Waals surface area contributed by atoms with Crippen LogP contribution in [0.25, 0.3) is 0 Å². The molecule has 0 radical (unpaired) electrons. The highest BCUT2D eigenvalue weighted by Gasteiger charge is 2.43. The van der Waals surface area contributed by atoms with Crippen LogP contribution in [0.3, 0.4) is 0 Å². The van der Waals surface area contributed by atoms with Crippen molar-refractivity contribution >= 4 is 34.2 Å². The number of carboxylic acids is 1. The second-order valence-corrected chi connectivity index (χ2v) is 13.0. The Morgan fingerprint density at radius 1 is 0.952 bits per heavy atom. The third-order valence-corrected chi connectivity index (χ3v) is 9.65. The van der Waals surface area contributed by atoms with Gasteiger partial charge in [0.05, 0.1) is 12.2 Å². The molecule has 0 atom stereocenters. The van der Waals surface area contributed by atoms with Gasteiger partial charge in [-0.1, -0.05) is 82.2 Å². The van der Waals surface area contributed by atoms with Crippen LogP contribution in [-0.4, -0.2) is 40.3 Å². The first-order valence-electron chi connectivity index (χ1n) is 14.7. The van der Waals surface area contributed by atoms with Crippen LogP contribution in [0.15, 0.2) is 71.9 Å². The van der Waals surface area contributed by atoms with Crippen molar-refractivity contribution in [2.45, 2.75) is 94.5 Å². The van der Waals surface area contributed by atoms with Crippen LogP contribution in [0.2, 0.25) is 0 Å².